The molecule has 0 radical (unpaired) electrons. The quantitative estimate of drug-likeness (QED) is 0.388. The van der Waals surface area contributed by atoms with Crippen molar-refractivity contribution < 1.29 is 33.3 Å². The predicted octanol–water partition coefficient (Wildman–Crippen LogP) is 1.27. The first-order valence-corrected chi connectivity index (χ1v) is 9.14. The third-order valence-corrected chi connectivity index (χ3v) is 4.79. The molecule has 1 atom stereocenters. The fraction of sp³-hybridized carbons (Fsp3) is 0.286. The lowest BCUT2D eigenvalue weighted by Gasteiger charge is -2.35. The third-order valence-electron chi connectivity index (χ3n) is 4.79. The van der Waals surface area contributed by atoms with E-state index in [1.165, 1.54) is 20.1 Å². The summed E-state index contributed by atoms with van der Waals surface area (Å²) >= 11 is 0. The zero-order valence-corrected chi connectivity index (χ0v) is 16.7. The first-order chi connectivity index (χ1) is 14.4. The number of methoxy groups -OCH3 is 1. The average molecular weight is 414 g/mol. The molecule has 9 heteroatoms. The number of anilines is 1. The lowest BCUT2D eigenvalue weighted by atomic mass is 9.67. The minimum absolute atomic E-state index is 0.0434. The SMILES string of the molecule is C=CCOC(=O)C1=C(C)OC(N)=C(C(=O)OCCOC)[C@@]12C(=O)Nc1ccccc12. The number of ether oxygens (including phenoxy) is 4. The maximum absolute atomic E-state index is 13.4. The molecule has 0 bridgehead atoms. The highest BCUT2D eigenvalue weighted by atomic mass is 16.6. The van der Waals surface area contributed by atoms with Gasteiger partial charge in [0.1, 0.15) is 35.5 Å². The molecule has 30 heavy (non-hydrogen) atoms. The van der Waals surface area contributed by atoms with Crippen LogP contribution in [0.3, 0.4) is 0 Å². The lowest BCUT2D eigenvalue weighted by Crippen LogP contribution is -2.48. The summed E-state index contributed by atoms with van der Waals surface area (Å²) in [6.45, 7) is 4.95. The monoisotopic (exact) mass is 414 g/mol. The second kappa shape index (κ2) is 8.42. The molecule has 1 spiro atoms. The van der Waals surface area contributed by atoms with Gasteiger partial charge in [-0.2, -0.15) is 0 Å². The normalized spacial score (nSPS) is 19.9. The van der Waals surface area contributed by atoms with Crippen molar-refractivity contribution in [3.8, 4) is 0 Å². The topological polar surface area (TPSA) is 126 Å². The largest absolute Gasteiger partial charge is 0.460 e. The van der Waals surface area contributed by atoms with E-state index in [-0.39, 0.29) is 42.6 Å². The van der Waals surface area contributed by atoms with Crippen molar-refractivity contribution in [2.75, 3.05) is 32.2 Å². The molecule has 0 aromatic heterocycles. The summed E-state index contributed by atoms with van der Waals surface area (Å²) in [6.07, 6.45) is 1.39. The number of nitrogens with two attached hydrogens (primary N) is 1. The van der Waals surface area contributed by atoms with Crippen LogP contribution in [0.2, 0.25) is 0 Å². The molecule has 0 saturated carbocycles. The van der Waals surface area contributed by atoms with Gasteiger partial charge in [0.2, 0.25) is 11.8 Å². The fourth-order valence-corrected chi connectivity index (χ4v) is 3.64. The Morgan fingerprint density at radius 3 is 2.60 bits per heavy atom. The van der Waals surface area contributed by atoms with Crippen LogP contribution in [-0.2, 0) is 38.7 Å². The summed E-state index contributed by atoms with van der Waals surface area (Å²) in [7, 11) is 1.45. The molecule has 2 aliphatic rings. The van der Waals surface area contributed by atoms with Crippen LogP contribution in [0.5, 0.6) is 0 Å². The Bertz CT molecular complexity index is 979. The standard InChI is InChI=1S/C21H22N2O7/c1-4-9-28-18(24)15-12(2)30-17(22)16(19(25)29-11-10-27-3)21(15)13-7-5-6-8-14(13)23-20(21)26/h4-8H,1,9-11,22H2,2-3H3,(H,23,26)/t21-/m0/s1. The minimum Gasteiger partial charge on any atom is -0.460 e. The maximum Gasteiger partial charge on any atom is 0.341 e. The Hall–Kier alpha value is -3.59. The Morgan fingerprint density at radius 1 is 1.20 bits per heavy atom. The van der Waals surface area contributed by atoms with Crippen molar-refractivity contribution in [2.45, 2.75) is 12.3 Å². The molecule has 2 heterocycles. The van der Waals surface area contributed by atoms with E-state index < -0.39 is 23.3 Å². The number of hydrogen-bond donors (Lipinski definition) is 2. The van der Waals surface area contributed by atoms with Crippen molar-refractivity contribution in [2.24, 2.45) is 5.73 Å². The van der Waals surface area contributed by atoms with Gasteiger partial charge in [0.15, 0.2) is 0 Å². The number of carbonyl (C=O) groups is 3. The second-order valence-electron chi connectivity index (χ2n) is 6.54. The smallest absolute Gasteiger partial charge is 0.341 e. The number of nitrogens with one attached hydrogen (secondary N) is 1. The van der Waals surface area contributed by atoms with Crippen molar-refractivity contribution in [1.82, 2.24) is 0 Å². The number of esters is 2. The zero-order valence-electron chi connectivity index (χ0n) is 16.7. The van der Waals surface area contributed by atoms with Crippen LogP contribution in [0.4, 0.5) is 5.69 Å². The van der Waals surface area contributed by atoms with E-state index in [9.17, 15) is 14.4 Å². The van der Waals surface area contributed by atoms with E-state index in [2.05, 4.69) is 11.9 Å². The highest BCUT2D eigenvalue weighted by molar-refractivity contribution is 6.21. The van der Waals surface area contributed by atoms with Crippen molar-refractivity contribution in [1.29, 1.82) is 0 Å². The number of allylic oxidation sites excluding steroid dienone is 1. The van der Waals surface area contributed by atoms with Gasteiger partial charge in [-0.3, -0.25) is 4.79 Å². The molecule has 2 aliphatic heterocycles. The molecule has 1 aromatic rings. The number of hydrogen-bond acceptors (Lipinski definition) is 8. The van der Waals surface area contributed by atoms with E-state index in [0.29, 0.717) is 11.3 Å². The predicted molar refractivity (Wildman–Crippen MR) is 106 cm³/mol. The van der Waals surface area contributed by atoms with Crippen LogP contribution >= 0.6 is 0 Å². The third kappa shape index (κ3) is 3.22. The molecule has 9 nitrogen and oxygen atoms in total. The molecule has 1 amide bonds. The minimum atomic E-state index is -1.88. The average Bonchev–Trinajstić information content (AvgIpc) is 2.98. The van der Waals surface area contributed by atoms with Gasteiger partial charge in [-0.05, 0) is 13.0 Å². The van der Waals surface area contributed by atoms with Crippen LogP contribution in [-0.4, -0.2) is 44.8 Å². The summed E-state index contributed by atoms with van der Waals surface area (Å²) in [5.41, 5.74) is 4.52. The lowest BCUT2D eigenvalue weighted by molar-refractivity contribution is -0.144. The summed E-state index contributed by atoms with van der Waals surface area (Å²) in [6, 6.07) is 6.68. The number of amides is 1. The van der Waals surface area contributed by atoms with Gasteiger partial charge in [-0.25, -0.2) is 9.59 Å². The van der Waals surface area contributed by atoms with Gasteiger partial charge in [-0.1, -0.05) is 30.9 Å². The van der Waals surface area contributed by atoms with Crippen LogP contribution in [0.1, 0.15) is 12.5 Å². The van der Waals surface area contributed by atoms with Gasteiger partial charge >= 0.3 is 11.9 Å². The summed E-state index contributed by atoms with van der Waals surface area (Å²) in [5.74, 6) is -2.67. The molecular formula is C21H22N2O7. The van der Waals surface area contributed by atoms with Gasteiger partial charge in [-0.15, -0.1) is 0 Å². The van der Waals surface area contributed by atoms with Crippen molar-refractivity contribution >= 4 is 23.5 Å². The van der Waals surface area contributed by atoms with E-state index >= 15 is 0 Å². The zero-order chi connectivity index (χ0) is 21.9. The molecule has 0 saturated heterocycles. The van der Waals surface area contributed by atoms with E-state index in [0.717, 1.165) is 0 Å². The number of fused-ring (bicyclic) bond motifs is 2. The summed E-state index contributed by atoms with van der Waals surface area (Å²) in [4.78, 5) is 39.4. The molecule has 158 valence electrons. The Balaban J connectivity index is 2.23. The van der Waals surface area contributed by atoms with Crippen LogP contribution < -0.4 is 11.1 Å². The van der Waals surface area contributed by atoms with Crippen LogP contribution in [0.15, 0.2) is 59.7 Å². The van der Waals surface area contributed by atoms with Gasteiger partial charge in [0.05, 0.1) is 6.61 Å². The number of benzene rings is 1. The second-order valence-corrected chi connectivity index (χ2v) is 6.54. The first kappa shape index (κ1) is 21.1. The number of para-hydroxylation sites is 1. The van der Waals surface area contributed by atoms with Crippen molar-refractivity contribution in [3.63, 3.8) is 0 Å². The Kier molecular flexibility index (Phi) is 5.93. The Morgan fingerprint density at radius 2 is 1.90 bits per heavy atom. The van der Waals surface area contributed by atoms with Gasteiger partial charge in [0, 0.05) is 18.4 Å². The molecule has 0 fully saturated rings. The highest BCUT2D eigenvalue weighted by Gasteiger charge is 2.61. The summed E-state index contributed by atoms with van der Waals surface area (Å²) < 4.78 is 20.8. The van der Waals surface area contributed by atoms with Crippen LogP contribution in [0.25, 0.3) is 0 Å². The molecule has 1 aromatic carbocycles. The van der Waals surface area contributed by atoms with Crippen LogP contribution in [0, 0.1) is 0 Å². The molecule has 0 unspecified atom stereocenters. The molecule has 3 rings (SSSR count). The number of rotatable bonds is 7. The first-order valence-electron chi connectivity index (χ1n) is 9.14. The maximum atomic E-state index is 13.4. The van der Waals surface area contributed by atoms with Crippen molar-refractivity contribution in [3.05, 3.63) is 65.3 Å². The fourth-order valence-electron chi connectivity index (χ4n) is 3.64. The van der Waals surface area contributed by atoms with E-state index in [1.54, 1.807) is 24.3 Å². The van der Waals surface area contributed by atoms with Gasteiger partial charge < -0.3 is 30.0 Å². The van der Waals surface area contributed by atoms with Gasteiger partial charge in [0.25, 0.3) is 0 Å². The number of carbonyl (C=O) groups excluding carboxylic acids is 3. The molecule has 0 aliphatic carbocycles. The van der Waals surface area contributed by atoms with E-state index in [1.807, 2.05) is 0 Å². The van der Waals surface area contributed by atoms with E-state index in [4.69, 9.17) is 24.7 Å². The molecule has 3 N–H and O–H groups in total. The summed E-state index contributed by atoms with van der Waals surface area (Å²) in [5, 5.41) is 2.71. The highest BCUT2D eigenvalue weighted by Crippen LogP contribution is 2.52. The molecular weight excluding hydrogens is 392 g/mol. The Labute approximate surface area is 173 Å².